The Morgan fingerprint density at radius 2 is 1.81 bits per heavy atom. The fourth-order valence-corrected chi connectivity index (χ4v) is 3.58. The molecule has 0 spiro atoms. The van der Waals surface area contributed by atoms with Crippen LogP contribution in [-0.2, 0) is 6.42 Å². The predicted octanol–water partition coefficient (Wildman–Crippen LogP) is 3.92. The van der Waals surface area contributed by atoms with Crippen LogP contribution in [0.4, 0.5) is 0 Å². The molecule has 1 aliphatic carbocycles. The van der Waals surface area contributed by atoms with Gasteiger partial charge in [-0.25, -0.2) is 9.48 Å². The molecule has 0 saturated carbocycles. The van der Waals surface area contributed by atoms with E-state index in [1.54, 1.807) is 18.9 Å². The molecule has 1 aliphatic rings. The van der Waals surface area contributed by atoms with Gasteiger partial charge in [0.1, 0.15) is 0 Å². The van der Waals surface area contributed by atoms with E-state index >= 15 is 0 Å². The number of methoxy groups -OCH3 is 2. The Hall–Kier alpha value is -2.80. The maximum absolute atomic E-state index is 11.7. The average Bonchev–Trinajstić information content (AvgIpc) is 3.18. The summed E-state index contributed by atoms with van der Waals surface area (Å²) in [6.07, 6.45) is 0.489. The van der Waals surface area contributed by atoms with E-state index in [1.165, 1.54) is 0 Å². The Morgan fingerprint density at radius 1 is 1.15 bits per heavy atom. The molecular formula is C19H15BrN2O4. The molecule has 0 amide bonds. The number of halogens is 1. The summed E-state index contributed by atoms with van der Waals surface area (Å²) in [6, 6.07) is 11.3. The Kier molecular flexibility index (Phi) is 3.96. The number of rotatable bonds is 4. The number of aromatic carboxylic acids is 1. The van der Waals surface area contributed by atoms with Crippen LogP contribution >= 0.6 is 15.9 Å². The lowest BCUT2D eigenvalue weighted by atomic mass is 10.1. The zero-order valence-corrected chi connectivity index (χ0v) is 15.7. The number of ether oxygens (including phenoxy) is 2. The van der Waals surface area contributed by atoms with E-state index in [2.05, 4.69) is 21.0 Å². The third-order valence-corrected chi connectivity index (χ3v) is 5.02. The molecule has 26 heavy (non-hydrogen) atoms. The number of fused-ring (bicyclic) bond motifs is 3. The minimum atomic E-state index is -1.04. The second kappa shape index (κ2) is 6.17. The lowest BCUT2D eigenvalue weighted by molar-refractivity contribution is 0.0689. The maximum Gasteiger partial charge on any atom is 0.356 e. The SMILES string of the molecule is COc1cc2c(cc1OC)-c1c(c(C(=O)O)nn1-c1ccc(Br)cc1)C2. The molecule has 1 heterocycles. The van der Waals surface area contributed by atoms with Crippen LogP contribution in [-0.4, -0.2) is 35.1 Å². The van der Waals surface area contributed by atoms with Gasteiger partial charge in [0.15, 0.2) is 17.2 Å². The van der Waals surface area contributed by atoms with E-state index in [4.69, 9.17) is 9.47 Å². The molecule has 1 N–H and O–H groups in total. The number of hydrogen-bond acceptors (Lipinski definition) is 4. The van der Waals surface area contributed by atoms with Crippen molar-refractivity contribution in [3.8, 4) is 28.4 Å². The average molecular weight is 415 g/mol. The lowest BCUT2D eigenvalue weighted by Gasteiger charge is -2.12. The fraction of sp³-hybridized carbons (Fsp3) is 0.158. The quantitative estimate of drug-likeness (QED) is 0.547. The summed E-state index contributed by atoms with van der Waals surface area (Å²) in [5, 5.41) is 14.0. The molecule has 2 aromatic carbocycles. The van der Waals surface area contributed by atoms with Gasteiger partial charge in [-0.1, -0.05) is 15.9 Å². The van der Waals surface area contributed by atoms with Crippen molar-refractivity contribution in [1.82, 2.24) is 9.78 Å². The van der Waals surface area contributed by atoms with Crippen LogP contribution in [0.2, 0.25) is 0 Å². The van der Waals surface area contributed by atoms with Crippen molar-refractivity contribution in [1.29, 1.82) is 0 Å². The minimum Gasteiger partial charge on any atom is -0.493 e. The van der Waals surface area contributed by atoms with Crippen LogP contribution in [0, 0.1) is 0 Å². The van der Waals surface area contributed by atoms with Crippen LogP contribution in [0.15, 0.2) is 40.9 Å². The zero-order chi connectivity index (χ0) is 18.4. The highest BCUT2D eigenvalue weighted by Gasteiger charge is 2.32. The van der Waals surface area contributed by atoms with E-state index in [1.807, 2.05) is 36.4 Å². The van der Waals surface area contributed by atoms with E-state index in [0.717, 1.165) is 27.0 Å². The number of aromatic nitrogens is 2. The summed E-state index contributed by atoms with van der Waals surface area (Å²) in [7, 11) is 3.16. The highest BCUT2D eigenvalue weighted by atomic mass is 79.9. The molecule has 132 valence electrons. The number of carboxylic acids is 1. The number of carboxylic acid groups (broad SMARTS) is 1. The number of carbonyl (C=O) groups is 1. The van der Waals surface area contributed by atoms with E-state index in [0.29, 0.717) is 23.5 Å². The van der Waals surface area contributed by atoms with Crippen molar-refractivity contribution < 1.29 is 19.4 Å². The second-order valence-corrected chi connectivity index (χ2v) is 6.83. The summed E-state index contributed by atoms with van der Waals surface area (Å²) >= 11 is 3.42. The van der Waals surface area contributed by atoms with E-state index < -0.39 is 5.97 Å². The molecule has 0 unspecified atom stereocenters. The highest BCUT2D eigenvalue weighted by Crippen LogP contribution is 2.44. The zero-order valence-electron chi connectivity index (χ0n) is 14.1. The van der Waals surface area contributed by atoms with Gasteiger partial charge >= 0.3 is 5.97 Å². The van der Waals surface area contributed by atoms with Gasteiger partial charge in [-0.15, -0.1) is 0 Å². The summed E-state index contributed by atoms with van der Waals surface area (Å²) in [4.78, 5) is 11.7. The first-order valence-corrected chi connectivity index (χ1v) is 8.69. The van der Waals surface area contributed by atoms with Crippen molar-refractivity contribution in [2.24, 2.45) is 0 Å². The molecule has 0 aliphatic heterocycles. The topological polar surface area (TPSA) is 73.6 Å². The molecule has 0 atom stereocenters. The van der Waals surface area contributed by atoms with E-state index in [9.17, 15) is 9.90 Å². The standard InChI is InChI=1S/C19H15BrN2O4/c1-25-15-8-10-7-14-17(19(23)24)21-22(12-5-3-11(20)4-6-12)18(14)13(10)9-16(15)26-2/h3-6,8-9H,7H2,1-2H3,(H,23,24). The summed E-state index contributed by atoms with van der Waals surface area (Å²) in [5.74, 6) is 0.180. The normalized spacial score (nSPS) is 11.8. The van der Waals surface area contributed by atoms with Crippen LogP contribution < -0.4 is 9.47 Å². The molecule has 3 aromatic rings. The fourth-order valence-electron chi connectivity index (χ4n) is 3.31. The Balaban J connectivity index is 1.98. The van der Waals surface area contributed by atoms with Crippen molar-refractivity contribution in [3.05, 3.63) is 57.7 Å². The van der Waals surface area contributed by atoms with Gasteiger partial charge < -0.3 is 14.6 Å². The van der Waals surface area contributed by atoms with Crippen LogP contribution in [0.5, 0.6) is 11.5 Å². The molecule has 7 heteroatoms. The monoisotopic (exact) mass is 414 g/mol. The lowest BCUT2D eigenvalue weighted by Crippen LogP contribution is -2.04. The van der Waals surface area contributed by atoms with Crippen molar-refractivity contribution >= 4 is 21.9 Å². The van der Waals surface area contributed by atoms with Crippen LogP contribution in [0.25, 0.3) is 16.9 Å². The second-order valence-electron chi connectivity index (χ2n) is 5.91. The summed E-state index contributed by atoms with van der Waals surface area (Å²) < 4.78 is 13.4. The van der Waals surface area contributed by atoms with Crippen molar-refractivity contribution in [2.75, 3.05) is 14.2 Å². The molecule has 4 rings (SSSR count). The van der Waals surface area contributed by atoms with Gasteiger partial charge in [-0.3, -0.25) is 0 Å². The predicted molar refractivity (Wildman–Crippen MR) is 99.6 cm³/mol. The Bertz CT molecular complexity index is 1030. The maximum atomic E-state index is 11.7. The van der Waals surface area contributed by atoms with Crippen LogP contribution in [0.3, 0.4) is 0 Å². The smallest absolute Gasteiger partial charge is 0.356 e. The van der Waals surface area contributed by atoms with Crippen molar-refractivity contribution in [3.63, 3.8) is 0 Å². The molecule has 0 bridgehead atoms. The van der Waals surface area contributed by atoms with Crippen LogP contribution in [0.1, 0.15) is 21.6 Å². The highest BCUT2D eigenvalue weighted by molar-refractivity contribution is 9.10. The van der Waals surface area contributed by atoms with Gasteiger partial charge in [-0.2, -0.15) is 5.10 Å². The third kappa shape index (κ3) is 2.47. The van der Waals surface area contributed by atoms with Gasteiger partial charge in [0.25, 0.3) is 0 Å². The molecular weight excluding hydrogens is 400 g/mol. The summed E-state index contributed by atoms with van der Waals surface area (Å²) in [5.41, 5.74) is 4.23. The molecule has 0 radical (unpaired) electrons. The molecule has 0 saturated heterocycles. The first-order valence-electron chi connectivity index (χ1n) is 7.90. The minimum absolute atomic E-state index is 0.0667. The van der Waals surface area contributed by atoms with Crippen molar-refractivity contribution in [2.45, 2.75) is 6.42 Å². The molecule has 6 nitrogen and oxygen atoms in total. The number of hydrogen-bond donors (Lipinski definition) is 1. The van der Waals surface area contributed by atoms with E-state index in [-0.39, 0.29) is 5.69 Å². The third-order valence-electron chi connectivity index (χ3n) is 4.49. The number of benzene rings is 2. The van der Waals surface area contributed by atoms with Gasteiger partial charge in [0.2, 0.25) is 0 Å². The Labute approximate surface area is 158 Å². The van der Waals surface area contributed by atoms with Gasteiger partial charge in [0.05, 0.1) is 25.6 Å². The summed E-state index contributed by atoms with van der Waals surface area (Å²) in [6.45, 7) is 0. The molecule has 0 fully saturated rings. The molecule has 1 aromatic heterocycles. The Morgan fingerprint density at radius 3 is 2.42 bits per heavy atom. The first-order chi connectivity index (χ1) is 12.5. The largest absolute Gasteiger partial charge is 0.493 e. The van der Waals surface area contributed by atoms with Gasteiger partial charge in [0, 0.05) is 22.0 Å². The first kappa shape index (κ1) is 16.7. The van der Waals surface area contributed by atoms with Gasteiger partial charge in [-0.05, 0) is 42.0 Å². The number of nitrogens with zero attached hydrogens (tertiary/aromatic N) is 2.